The molecule has 1 aromatic carbocycles. The molecule has 4 amide bonds. The average Bonchev–Trinajstić information content (AvgIpc) is 3.52. The van der Waals surface area contributed by atoms with E-state index in [1.165, 1.54) is 0 Å². The van der Waals surface area contributed by atoms with Crippen molar-refractivity contribution in [3.05, 3.63) is 29.8 Å². The van der Waals surface area contributed by atoms with Gasteiger partial charge in [0.2, 0.25) is 11.8 Å². The number of likely N-dealkylation sites (tertiary alicyclic amines) is 3. The first-order valence-corrected chi connectivity index (χ1v) is 11.8. The summed E-state index contributed by atoms with van der Waals surface area (Å²) in [5.41, 5.74) is 0.947. The third-order valence-electron chi connectivity index (χ3n) is 6.85. The fraction of sp³-hybridized carbons (Fsp3) is 0.625. The number of benzene rings is 1. The molecule has 3 fully saturated rings. The summed E-state index contributed by atoms with van der Waals surface area (Å²) in [4.78, 5) is 44.8. The van der Waals surface area contributed by atoms with Crippen LogP contribution >= 0.6 is 0 Å². The van der Waals surface area contributed by atoms with E-state index < -0.39 is 12.1 Å². The van der Waals surface area contributed by atoms with Gasteiger partial charge in [-0.1, -0.05) is 12.1 Å². The summed E-state index contributed by atoms with van der Waals surface area (Å²) >= 11 is 0. The smallest absolute Gasteiger partial charge is 0.320 e. The summed E-state index contributed by atoms with van der Waals surface area (Å²) in [5.74, 6) is 0.534. The number of rotatable bonds is 5. The number of ether oxygens (including phenoxy) is 1. The van der Waals surface area contributed by atoms with E-state index in [9.17, 15) is 14.4 Å². The van der Waals surface area contributed by atoms with Crippen molar-refractivity contribution in [2.75, 3.05) is 33.3 Å². The first-order chi connectivity index (χ1) is 15.6. The summed E-state index contributed by atoms with van der Waals surface area (Å²) in [6.45, 7) is 3.12. The molecule has 3 saturated heterocycles. The highest BCUT2D eigenvalue weighted by Gasteiger charge is 2.43. The lowest BCUT2D eigenvalue weighted by Gasteiger charge is -2.35. The van der Waals surface area contributed by atoms with Crippen LogP contribution in [0.1, 0.15) is 50.5 Å². The van der Waals surface area contributed by atoms with E-state index in [1.54, 1.807) is 16.9 Å². The molecule has 0 unspecified atom stereocenters. The number of piperidine rings is 1. The second kappa shape index (κ2) is 10.2. The monoisotopic (exact) mass is 442 g/mol. The molecule has 32 heavy (non-hydrogen) atoms. The molecule has 1 N–H and O–H groups in total. The molecule has 0 aliphatic carbocycles. The molecule has 3 aliphatic rings. The second-order valence-corrected chi connectivity index (χ2v) is 8.94. The number of methoxy groups -OCH3 is 1. The molecular formula is C24H34N4O4. The van der Waals surface area contributed by atoms with Crippen LogP contribution in [0.25, 0.3) is 0 Å². The Labute approximate surface area is 189 Å². The molecule has 0 bridgehead atoms. The van der Waals surface area contributed by atoms with Crippen molar-refractivity contribution in [1.82, 2.24) is 20.0 Å². The molecule has 0 radical (unpaired) electrons. The van der Waals surface area contributed by atoms with Gasteiger partial charge in [-0.15, -0.1) is 0 Å². The van der Waals surface area contributed by atoms with Gasteiger partial charge in [0.25, 0.3) is 0 Å². The quantitative estimate of drug-likeness (QED) is 0.759. The van der Waals surface area contributed by atoms with Crippen molar-refractivity contribution >= 4 is 17.8 Å². The minimum Gasteiger partial charge on any atom is -0.497 e. The van der Waals surface area contributed by atoms with Crippen LogP contribution in [0.5, 0.6) is 5.75 Å². The SMILES string of the molecule is COc1cccc(CNC(=O)[C@H]2CCCN2C(=O)[C@H]2CCCN2C(=O)N2CCCCC2)c1. The van der Waals surface area contributed by atoms with E-state index in [1.807, 2.05) is 29.2 Å². The Kier molecular flexibility index (Phi) is 7.17. The van der Waals surface area contributed by atoms with Crippen LogP contribution in [0.2, 0.25) is 0 Å². The summed E-state index contributed by atoms with van der Waals surface area (Å²) in [6, 6.07) is 6.64. The maximum atomic E-state index is 13.4. The predicted octanol–water partition coefficient (Wildman–Crippen LogP) is 2.37. The van der Waals surface area contributed by atoms with E-state index in [-0.39, 0.29) is 17.8 Å². The Hall–Kier alpha value is -2.77. The van der Waals surface area contributed by atoms with Gasteiger partial charge in [-0.3, -0.25) is 9.59 Å². The lowest BCUT2D eigenvalue weighted by Crippen LogP contribution is -2.55. The highest BCUT2D eigenvalue weighted by Crippen LogP contribution is 2.26. The van der Waals surface area contributed by atoms with Crippen LogP contribution < -0.4 is 10.1 Å². The van der Waals surface area contributed by atoms with E-state index in [4.69, 9.17) is 4.74 Å². The van der Waals surface area contributed by atoms with Gasteiger partial charge in [-0.25, -0.2) is 4.79 Å². The van der Waals surface area contributed by atoms with Crippen LogP contribution in [0.15, 0.2) is 24.3 Å². The van der Waals surface area contributed by atoms with Gasteiger partial charge in [0.15, 0.2) is 0 Å². The van der Waals surface area contributed by atoms with Crippen LogP contribution in [0.4, 0.5) is 4.79 Å². The van der Waals surface area contributed by atoms with Crippen molar-refractivity contribution in [1.29, 1.82) is 0 Å². The topological polar surface area (TPSA) is 82.2 Å². The van der Waals surface area contributed by atoms with Gasteiger partial charge < -0.3 is 24.8 Å². The largest absolute Gasteiger partial charge is 0.497 e. The average molecular weight is 443 g/mol. The minimum absolute atomic E-state index is 0.0150. The molecule has 174 valence electrons. The van der Waals surface area contributed by atoms with Gasteiger partial charge in [-0.05, 0) is 62.6 Å². The maximum absolute atomic E-state index is 13.4. The van der Waals surface area contributed by atoms with Crippen molar-refractivity contribution in [2.24, 2.45) is 0 Å². The number of hydrogen-bond acceptors (Lipinski definition) is 4. The van der Waals surface area contributed by atoms with Crippen LogP contribution in [-0.4, -0.2) is 77.9 Å². The molecule has 0 saturated carbocycles. The van der Waals surface area contributed by atoms with Crippen molar-refractivity contribution in [3.63, 3.8) is 0 Å². The third kappa shape index (κ3) is 4.84. The number of urea groups is 1. The van der Waals surface area contributed by atoms with Crippen LogP contribution in [0.3, 0.4) is 0 Å². The molecule has 8 nitrogen and oxygen atoms in total. The first-order valence-electron chi connectivity index (χ1n) is 11.8. The van der Waals surface area contributed by atoms with Crippen molar-refractivity contribution in [3.8, 4) is 5.75 Å². The predicted molar refractivity (Wildman–Crippen MR) is 120 cm³/mol. The Morgan fingerprint density at radius 3 is 2.41 bits per heavy atom. The van der Waals surface area contributed by atoms with Gasteiger partial charge in [-0.2, -0.15) is 0 Å². The molecule has 0 spiro atoms. The van der Waals surface area contributed by atoms with E-state index in [0.29, 0.717) is 32.5 Å². The Morgan fingerprint density at radius 2 is 1.66 bits per heavy atom. The zero-order valence-electron chi connectivity index (χ0n) is 18.9. The molecule has 0 aromatic heterocycles. The van der Waals surface area contributed by atoms with Gasteiger partial charge in [0.1, 0.15) is 17.8 Å². The summed E-state index contributed by atoms with van der Waals surface area (Å²) < 4.78 is 5.24. The number of nitrogens with zero attached hydrogens (tertiary/aromatic N) is 3. The highest BCUT2D eigenvalue weighted by atomic mass is 16.5. The molecule has 3 heterocycles. The summed E-state index contributed by atoms with van der Waals surface area (Å²) in [6.07, 6.45) is 6.17. The molecular weight excluding hydrogens is 408 g/mol. The van der Waals surface area contributed by atoms with E-state index >= 15 is 0 Å². The molecule has 4 rings (SSSR count). The maximum Gasteiger partial charge on any atom is 0.320 e. The van der Waals surface area contributed by atoms with E-state index in [2.05, 4.69) is 5.32 Å². The fourth-order valence-corrected chi connectivity index (χ4v) is 5.10. The Balaban J connectivity index is 1.37. The standard InChI is InChI=1S/C24H34N4O4/c1-32-19-9-5-8-18(16-19)17-25-22(29)20-10-6-14-27(20)23(30)21-11-7-15-28(21)24(31)26-12-3-2-4-13-26/h5,8-9,16,20-21H,2-4,6-7,10-15,17H2,1H3,(H,25,29)/t20-,21-/m1/s1. The molecule has 8 heteroatoms. The number of hydrogen-bond donors (Lipinski definition) is 1. The van der Waals surface area contributed by atoms with Crippen molar-refractivity contribution < 1.29 is 19.1 Å². The Morgan fingerprint density at radius 1 is 0.938 bits per heavy atom. The lowest BCUT2D eigenvalue weighted by atomic mass is 10.1. The molecule has 1 aromatic rings. The number of nitrogens with one attached hydrogen (secondary N) is 1. The molecule has 2 atom stereocenters. The van der Waals surface area contributed by atoms with Gasteiger partial charge in [0, 0.05) is 32.7 Å². The number of amides is 4. The molecule has 3 aliphatic heterocycles. The van der Waals surface area contributed by atoms with Gasteiger partial charge in [0.05, 0.1) is 7.11 Å². The minimum atomic E-state index is -0.472. The normalized spacial score (nSPS) is 23.3. The number of carbonyl (C=O) groups is 3. The summed E-state index contributed by atoms with van der Waals surface area (Å²) in [7, 11) is 1.61. The first kappa shape index (κ1) is 22.4. The highest BCUT2D eigenvalue weighted by molar-refractivity contribution is 5.92. The third-order valence-corrected chi connectivity index (χ3v) is 6.85. The van der Waals surface area contributed by atoms with Gasteiger partial charge >= 0.3 is 6.03 Å². The summed E-state index contributed by atoms with van der Waals surface area (Å²) in [5, 5.41) is 2.98. The number of carbonyl (C=O) groups excluding carboxylic acids is 3. The Bertz CT molecular complexity index is 839. The van der Waals surface area contributed by atoms with Crippen LogP contribution in [0, 0.1) is 0 Å². The fourth-order valence-electron chi connectivity index (χ4n) is 5.10. The van der Waals surface area contributed by atoms with Crippen LogP contribution in [-0.2, 0) is 16.1 Å². The zero-order valence-corrected chi connectivity index (χ0v) is 18.9. The van der Waals surface area contributed by atoms with E-state index in [0.717, 1.165) is 56.5 Å². The zero-order chi connectivity index (χ0) is 22.5. The van der Waals surface area contributed by atoms with Crippen molar-refractivity contribution in [2.45, 2.75) is 63.6 Å². The second-order valence-electron chi connectivity index (χ2n) is 8.94. The lowest BCUT2D eigenvalue weighted by molar-refractivity contribution is -0.141.